The van der Waals surface area contributed by atoms with Crippen molar-refractivity contribution in [1.29, 1.82) is 0 Å². The SMILES string of the molecule is c1cc(-c2ccc3nc(-c4ccc(-n5c6ccccc6c6ccc7c8ccccc8oc7c65)cc4)nc(-c4ccc(-n5c6ccccc6c6ccc7c8ccccc8oc7c65)cc4)c3c2)cc(-n2c3ccccc3c3ccc4c5ccccc5oc4c32)c1. The van der Waals surface area contributed by atoms with Crippen molar-refractivity contribution in [2.45, 2.75) is 0 Å². The molecule has 8 nitrogen and oxygen atoms in total. The minimum atomic E-state index is 0.632. The van der Waals surface area contributed by atoms with Gasteiger partial charge < -0.3 is 27.0 Å². The first kappa shape index (κ1) is 47.4. The van der Waals surface area contributed by atoms with Crippen molar-refractivity contribution in [3.05, 3.63) is 273 Å². The molecular weight excluding hydrogens is 1080 g/mol. The zero-order valence-electron chi connectivity index (χ0n) is 46.9. The standard InChI is InChI=1S/C80H45N5O3/c1-7-22-67-53(16-1)59-37-40-62-56-19-4-10-25-70(56)86-77(62)74(59)83(67)50-33-28-46(29-34-50)73-65-45-49(48-14-13-15-52(44-48)85-69-24-9-3-18-55(69)61-39-42-64-58-21-6-12-27-72(58)88-79(64)76(61)85)32-43-66(65)81-80(82-73)47-30-35-51(36-31-47)84-68-23-8-2-17-54(68)60-38-41-63-57-20-5-11-26-71(57)87-78(63)75(60)84/h1-45H. The molecule has 0 bridgehead atoms. The fraction of sp³-hybridized carbons (Fsp3) is 0. The number of rotatable bonds is 6. The molecule has 8 heteroatoms. The van der Waals surface area contributed by atoms with Crippen molar-refractivity contribution >= 4 is 142 Å². The Bertz CT molecular complexity index is 6370. The summed E-state index contributed by atoms with van der Waals surface area (Å²) < 4.78 is 27.2. The van der Waals surface area contributed by atoms with Crippen molar-refractivity contribution < 1.29 is 13.3 Å². The number of nitrogens with zero attached hydrogens (tertiary/aromatic N) is 5. The van der Waals surface area contributed by atoms with Gasteiger partial charge in [0.2, 0.25) is 0 Å². The maximum absolute atomic E-state index is 6.74. The largest absolute Gasteiger partial charge is 0.454 e. The normalized spacial score (nSPS) is 12.3. The molecule has 20 aromatic rings. The number of furan rings is 3. The Kier molecular flexibility index (Phi) is 9.57. The van der Waals surface area contributed by atoms with Crippen molar-refractivity contribution in [3.8, 4) is 50.8 Å². The Labute approximate surface area is 500 Å². The van der Waals surface area contributed by atoms with Crippen LogP contribution in [-0.2, 0) is 0 Å². The minimum absolute atomic E-state index is 0.632. The lowest BCUT2D eigenvalue weighted by molar-refractivity contribution is 0.670. The summed E-state index contributed by atoms with van der Waals surface area (Å²) in [7, 11) is 0. The summed E-state index contributed by atoms with van der Waals surface area (Å²) in [6, 6.07) is 97.1. The summed E-state index contributed by atoms with van der Waals surface area (Å²) in [4.78, 5) is 11.0. The number of aromatic nitrogens is 5. The maximum Gasteiger partial charge on any atom is 0.160 e. The van der Waals surface area contributed by atoms with Crippen LogP contribution < -0.4 is 0 Å². The molecule has 0 spiro atoms. The van der Waals surface area contributed by atoms with Crippen LogP contribution in [-0.4, -0.2) is 23.7 Å². The van der Waals surface area contributed by atoms with Crippen LogP contribution in [0, 0.1) is 0 Å². The van der Waals surface area contributed by atoms with Crippen LogP contribution in [0.1, 0.15) is 0 Å². The zero-order chi connectivity index (χ0) is 57.3. The molecule has 0 saturated heterocycles. The quantitative estimate of drug-likeness (QED) is 0.166. The second kappa shape index (κ2) is 17.8. The fourth-order valence-corrected chi connectivity index (χ4v) is 14.5. The summed E-state index contributed by atoms with van der Waals surface area (Å²) in [6.45, 7) is 0. The van der Waals surface area contributed by atoms with E-state index in [1.165, 1.54) is 16.2 Å². The topological polar surface area (TPSA) is 80.0 Å². The van der Waals surface area contributed by atoms with E-state index in [9.17, 15) is 0 Å². The molecule has 0 aliphatic carbocycles. The Hall–Kier alpha value is -12.0. The highest BCUT2D eigenvalue weighted by Gasteiger charge is 2.24. The lowest BCUT2D eigenvalue weighted by Gasteiger charge is -2.14. The molecule has 0 fully saturated rings. The molecule has 0 unspecified atom stereocenters. The molecule has 7 heterocycles. The van der Waals surface area contributed by atoms with E-state index in [0.717, 1.165) is 171 Å². The van der Waals surface area contributed by atoms with Gasteiger partial charge in [0, 0.05) is 98.2 Å². The van der Waals surface area contributed by atoms with Crippen molar-refractivity contribution in [3.63, 3.8) is 0 Å². The van der Waals surface area contributed by atoms with E-state index in [1.54, 1.807) is 0 Å². The van der Waals surface area contributed by atoms with E-state index < -0.39 is 0 Å². The Morgan fingerprint density at radius 1 is 0.239 bits per heavy atom. The average molecular weight is 1120 g/mol. The van der Waals surface area contributed by atoms with Gasteiger partial charge in [-0.05, 0) is 126 Å². The molecule has 0 radical (unpaired) electrons. The second-order valence-corrected chi connectivity index (χ2v) is 23.1. The number of para-hydroxylation sites is 6. The number of hydrogen-bond acceptors (Lipinski definition) is 5. The minimum Gasteiger partial charge on any atom is -0.454 e. The molecule has 20 rings (SSSR count). The molecule has 0 saturated carbocycles. The molecule has 88 heavy (non-hydrogen) atoms. The highest BCUT2D eigenvalue weighted by molar-refractivity contribution is 6.24. The van der Waals surface area contributed by atoms with Crippen LogP contribution in [0.2, 0.25) is 0 Å². The molecule has 7 aromatic heterocycles. The van der Waals surface area contributed by atoms with Crippen LogP contribution >= 0.6 is 0 Å². The number of benzene rings is 13. The van der Waals surface area contributed by atoms with Gasteiger partial charge in [0.05, 0.1) is 44.3 Å². The summed E-state index contributed by atoms with van der Waals surface area (Å²) in [5.41, 5.74) is 20.4. The van der Waals surface area contributed by atoms with Gasteiger partial charge in [-0.25, -0.2) is 9.97 Å². The first-order chi connectivity index (χ1) is 43.6. The second-order valence-electron chi connectivity index (χ2n) is 23.1. The van der Waals surface area contributed by atoms with Crippen LogP contribution in [0.3, 0.4) is 0 Å². The highest BCUT2D eigenvalue weighted by Crippen LogP contribution is 2.45. The first-order valence-corrected chi connectivity index (χ1v) is 29.8. The third kappa shape index (κ3) is 6.62. The highest BCUT2D eigenvalue weighted by atomic mass is 16.3. The molecule has 0 amide bonds. The van der Waals surface area contributed by atoms with Crippen LogP contribution in [0.25, 0.3) is 193 Å². The maximum atomic E-state index is 6.74. The van der Waals surface area contributed by atoms with Gasteiger partial charge in [-0.1, -0.05) is 158 Å². The van der Waals surface area contributed by atoms with Crippen LogP contribution in [0.5, 0.6) is 0 Å². The van der Waals surface area contributed by atoms with Crippen molar-refractivity contribution in [1.82, 2.24) is 23.7 Å². The Morgan fingerprint density at radius 3 is 1.10 bits per heavy atom. The van der Waals surface area contributed by atoms with Gasteiger partial charge in [0.1, 0.15) is 16.7 Å². The number of fused-ring (bicyclic) bond motifs is 22. The summed E-state index contributed by atoms with van der Waals surface area (Å²) in [5, 5.41) is 14.5. The summed E-state index contributed by atoms with van der Waals surface area (Å²) in [6.07, 6.45) is 0. The molecular formula is C80H45N5O3. The smallest absolute Gasteiger partial charge is 0.160 e. The predicted molar refractivity (Wildman–Crippen MR) is 361 cm³/mol. The molecule has 0 atom stereocenters. The molecule has 13 aromatic carbocycles. The lowest BCUT2D eigenvalue weighted by atomic mass is 9.99. The zero-order valence-corrected chi connectivity index (χ0v) is 46.9. The van der Waals surface area contributed by atoms with Gasteiger partial charge in [-0.3, -0.25) is 0 Å². The Morgan fingerprint density at radius 2 is 0.625 bits per heavy atom. The van der Waals surface area contributed by atoms with Gasteiger partial charge in [-0.2, -0.15) is 0 Å². The van der Waals surface area contributed by atoms with Crippen LogP contribution in [0.4, 0.5) is 0 Å². The third-order valence-corrected chi connectivity index (χ3v) is 18.5. The van der Waals surface area contributed by atoms with Gasteiger partial charge >= 0.3 is 0 Å². The summed E-state index contributed by atoms with van der Waals surface area (Å²) >= 11 is 0. The predicted octanol–water partition coefficient (Wildman–Crippen LogP) is 21.6. The third-order valence-electron chi connectivity index (χ3n) is 18.5. The molecule has 408 valence electrons. The van der Waals surface area contributed by atoms with E-state index in [1.807, 2.05) is 24.3 Å². The van der Waals surface area contributed by atoms with Crippen molar-refractivity contribution in [2.75, 3.05) is 0 Å². The molecule has 0 N–H and O–H groups in total. The molecule has 0 aliphatic rings. The first-order valence-electron chi connectivity index (χ1n) is 29.8. The Balaban J connectivity index is 0.762. The van der Waals surface area contributed by atoms with E-state index in [2.05, 4.69) is 262 Å². The van der Waals surface area contributed by atoms with Crippen LogP contribution in [0.15, 0.2) is 286 Å². The van der Waals surface area contributed by atoms with Gasteiger partial charge in [-0.15, -0.1) is 0 Å². The fourth-order valence-electron chi connectivity index (χ4n) is 14.5. The average Bonchev–Trinajstić information content (AvgIpc) is 1.73. The monoisotopic (exact) mass is 1120 g/mol. The van der Waals surface area contributed by atoms with E-state index >= 15 is 0 Å². The van der Waals surface area contributed by atoms with E-state index in [4.69, 9.17) is 23.2 Å². The van der Waals surface area contributed by atoms with Gasteiger partial charge in [0.15, 0.2) is 22.6 Å². The van der Waals surface area contributed by atoms with Crippen molar-refractivity contribution in [2.24, 2.45) is 0 Å². The lowest BCUT2D eigenvalue weighted by Crippen LogP contribution is -1.98. The van der Waals surface area contributed by atoms with E-state index in [-0.39, 0.29) is 0 Å². The molecule has 0 aliphatic heterocycles. The van der Waals surface area contributed by atoms with Gasteiger partial charge in [0.25, 0.3) is 0 Å². The number of hydrogen-bond donors (Lipinski definition) is 0. The van der Waals surface area contributed by atoms with E-state index in [0.29, 0.717) is 5.82 Å². The summed E-state index contributed by atoms with van der Waals surface area (Å²) in [5.74, 6) is 0.632.